The number of imidazole rings is 1. The van der Waals surface area contributed by atoms with E-state index in [2.05, 4.69) is 15.5 Å². The van der Waals surface area contributed by atoms with Crippen LogP contribution in [0.15, 0.2) is 95.2 Å². The molecule has 0 saturated carbocycles. The lowest BCUT2D eigenvalue weighted by molar-refractivity contribution is -0.118. The van der Waals surface area contributed by atoms with Gasteiger partial charge in [0.05, 0.1) is 23.4 Å². The second-order valence-electron chi connectivity index (χ2n) is 7.57. The second-order valence-corrected chi connectivity index (χ2v) is 8.53. The Labute approximate surface area is 197 Å². The fourth-order valence-electron chi connectivity index (χ4n) is 3.24. The molecule has 1 heterocycles. The number of hydrazone groups is 1. The predicted molar refractivity (Wildman–Crippen MR) is 137 cm³/mol. The van der Waals surface area contributed by atoms with Crippen molar-refractivity contribution in [1.29, 1.82) is 0 Å². The SMILES string of the molecule is CN(C)c1ccc(/C=N/NC(=O)CSc2nc(-c3ccccc3)c(-c3ccccc3)[nH]2)cc1. The van der Waals surface area contributed by atoms with Crippen molar-refractivity contribution < 1.29 is 4.79 Å². The number of anilines is 1. The van der Waals surface area contributed by atoms with E-state index in [-0.39, 0.29) is 11.7 Å². The standard InChI is InChI=1S/C26H25N5OS/c1-31(2)22-15-13-19(14-16-22)17-27-30-23(32)18-33-26-28-24(20-9-5-3-6-10-20)25(29-26)21-11-7-4-8-12-21/h3-17H,18H2,1-2H3,(H,28,29)(H,30,32)/b27-17+. The zero-order chi connectivity index (χ0) is 23.0. The average molecular weight is 456 g/mol. The number of H-pyrrole nitrogens is 1. The molecule has 166 valence electrons. The van der Waals surface area contributed by atoms with Crippen molar-refractivity contribution in [3.8, 4) is 22.5 Å². The maximum atomic E-state index is 12.3. The van der Waals surface area contributed by atoms with Gasteiger partial charge in [0, 0.05) is 30.9 Å². The van der Waals surface area contributed by atoms with Gasteiger partial charge in [-0.15, -0.1) is 0 Å². The van der Waals surface area contributed by atoms with E-state index in [4.69, 9.17) is 4.98 Å². The predicted octanol–water partition coefficient (Wildman–Crippen LogP) is 5.05. The minimum atomic E-state index is -0.194. The van der Waals surface area contributed by atoms with Crippen molar-refractivity contribution in [3.05, 3.63) is 90.5 Å². The number of nitrogens with zero attached hydrogens (tertiary/aromatic N) is 3. The smallest absolute Gasteiger partial charge is 0.250 e. The first kappa shape index (κ1) is 22.4. The van der Waals surface area contributed by atoms with Gasteiger partial charge in [-0.1, -0.05) is 84.6 Å². The van der Waals surface area contributed by atoms with Gasteiger partial charge >= 0.3 is 0 Å². The molecule has 1 amide bonds. The first-order valence-corrected chi connectivity index (χ1v) is 11.5. The summed E-state index contributed by atoms with van der Waals surface area (Å²) in [5, 5.41) is 4.75. The van der Waals surface area contributed by atoms with Gasteiger partial charge in [0.15, 0.2) is 5.16 Å². The number of aromatic amines is 1. The summed E-state index contributed by atoms with van der Waals surface area (Å²) in [4.78, 5) is 22.5. The summed E-state index contributed by atoms with van der Waals surface area (Å²) in [5.41, 5.74) is 8.47. The van der Waals surface area contributed by atoms with E-state index in [1.165, 1.54) is 11.8 Å². The zero-order valence-corrected chi connectivity index (χ0v) is 19.3. The van der Waals surface area contributed by atoms with Gasteiger partial charge in [-0.25, -0.2) is 10.4 Å². The van der Waals surface area contributed by atoms with Gasteiger partial charge in [0.2, 0.25) is 0 Å². The highest BCUT2D eigenvalue weighted by Crippen LogP contribution is 2.32. The summed E-state index contributed by atoms with van der Waals surface area (Å²) >= 11 is 1.35. The molecular weight excluding hydrogens is 430 g/mol. The molecule has 1 aromatic heterocycles. The molecule has 0 unspecified atom stereocenters. The fourth-order valence-corrected chi connectivity index (χ4v) is 3.90. The van der Waals surface area contributed by atoms with Gasteiger partial charge < -0.3 is 9.88 Å². The highest BCUT2D eigenvalue weighted by atomic mass is 32.2. The van der Waals surface area contributed by atoms with E-state index >= 15 is 0 Å². The van der Waals surface area contributed by atoms with Gasteiger partial charge in [-0.3, -0.25) is 4.79 Å². The van der Waals surface area contributed by atoms with Crippen LogP contribution in [0.4, 0.5) is 5.69 Å². The highest BCUT2D eigenvalue weighted by Gasteiger charge is 2.15. The second kappa shape index (κ2) is 10.7. The topological polar surface area (TPSA) is 73.4 Å². The molecule has 33 heavy (non-hydrogen) atoms. The number of carbonyl (C=O) groups is 1. The summed E-state index contributed by atoms with van der Waals surface area (Å²) in [6.45, 7) is 0. The summed E-state index contributed by atoms with van der Waals surface area (Å²) in [6, 6.07) is 28.0. The van der Waals surface area contributed by atoms with E-state index in [9.17, 15) is 4.79 Å². The molecule has 4 aromatic rings. The van der Waals surface area contributed by atoms with E-state index < -0.39 is 0 Å². The maximum absolute atomic E-state index is 12.3. The number of thioether (sulfide) groups is 1. The van der Waals surface area contributed by atoms with E-state index in [0.29, 0.717) is 5.16 Å². The first-order chi connectivity index (χ1) is 16.1. The Bertz CT molecular complexity index is 1160. The molecule has 0 fully saturated rings. The monoisotopic (exact) mass is 455 g/mol. The molecule has 0 aliphatic rings. The molecular formula is C26H25N5OS. The Balaban J connectivity index is 1.40. The van der Waals surface area contributed by atoms with Crippen LogP contribution in [0.25, 0.3) is 22.5 Å². The minimum absolute atomic E-state index is 0.194. The van der Waals surface area contributed by atoms with E-state index in [1.807, 2.05) is 104 Å². The van der Waals surface area contributed by atoms with Crippen LogP contribution < -0.4 is 10.3 Å². The summed E-state index contributed by atoms with van der Waals surface area (Å²) in [6.07, 6.45) is 1.63. The van der Waals surface area contributed by atoms with E-state index in [1.54, 1.807) is 6.21 Å². The lowest BCUT2D eigenvalue weighted by Gasteiger charge is -2.11. The van der Waals surface area contributed by atoms with Crippen LogP contribution in [0.3, 0.4) is 0 Å². The third-order valence-corrected chi connectivity index (χ3v) is 5.82. The molecule has 2 N–H and O–H groups in total. The number of nitrogens with one attached hydrogen (secondary N) is 2. The number of rotatable bonds is 8. The van der Waals surface area contributed by atoms with Crippen LogP contribution in [0, 0.1) is 0 Å². The largest absolute Gasteiger partial charge is 0.378 e. The van der Waals surface area contributed by atoms with Gasteiger partial charge in [-0.05, 0) is 17.7 Å². The highest BCUT2D eigenvalue weighted by molar-refractivity contribution is 7.99. The molecule has 0 atom stereocenters. The van der Waals surface area contributed by atoms with Crippen molar-refractivity contribution in [3.63, 3.8) is 0 Å². The van der Waals surface area contributed by atoms with Crippen molar-refractivity contribution in [2.75, 3.05) is 24.7 Å². The normalized spacial score (nSPS) is 11.0. The van der Waals surface area contributed by atoms with Gasteiger partial charge in [-0.2, -0.15) is 5.10 Å². The van der Waals surface area contributed by atoms with Gasteiger partial charge in [0.25, 0.3) is 5.91 Å². The van der Waals surface area contributed by atoms with Crippen LogP contribution >= 0.6 is 11.8 Å². The molecule has 6 nitrogen and oxygen atoms in total. The summed E-state index contributed by atoms with van der Waals surface area (Å²) in [7, 11) is 3.98. The third kappa shape index (κ3) is 5.90. The fraction of sp³-hybridized carbons (Fsp3) is 0.115. The molecule has 0 radical (unpaired) electrons. The molecule has 0 aliphatic carbocycles. The lowest BCUT2D eigenvalue weighted by Crippen LogP contribution is -2.19. The summed E-state index contributed by atoms with van der Waals surface area (Å²) < 4.78 is 0. The molecule has 0 spiro atoms. The third-order valence-electron chi connectivity index (χ3n) is 4.94. The molecule has 0 aliphatic heterocycles. The molecule has 0 bridgehead atoms. The van der Waals surface area contributed by atoms with Crippen LogP contribution in [0.1, 0.15) is 5.56 Å². The summed E-state index contributed by atoms with van der Waals surface area (Å²) in [5.74, 6) is 0.00690. The van der Waals surface area contributed by atoms with Gasteiger partial charge in [0.1, 0.15) is 0 Å². The zero-order valence-electron chi connectivity index (χ0n) is 18.5. The number of hydrogen-bond donors (Lipinski definition) is 2. The van der Waals surface area contributed by atoms with Crippen molar-refractivity contribution >= 4 is 29.6 Å². The lowest BCUT2D eigenvalue weighted by atomic mass is 10.1. The molecule has 4 rings (SSSR count). The van der Waals surface area contributed by atoms with Crippen LogP contribution in [-0.2, 0) is 4.79 Å². The molecule has 0 saturated heterocycles. The quantitative estimate of drug-likeness (QED) is 0.221. The van der Waals surface area contributed by atoms with Crippen molar-refractivity contribution in [2.45, 2.75) is 5.16 Å². The Hall–Kier alpha value is -3.84. The number of carbonyl (C=O) groups excluding carboxylic acids is 1. The number of benzene rings is 3. The minimum Gasteiger partial charge on any atom is -0.378 e. The van der Waals surface area contributed by atoms with E-state index in [0.717, 1.165) is 33.8 Å². The van der Waals surface area contributed by atoms with Crippen molar-refractivity contribution in [1.82, 2.24) is 15.4 Å². The Morgan fingerprint density at radius 3 is 2.24 bits per heavy atom. The Morgan fingerprint density at radius 1 is 0.970 bits per heavy atom. The molecule has 3 aromatic carbocycles. The Kier molecular flexibility index (Phi) is 7.22. The van der Waals surface area contributed by atoms with Crippen molar-refractivity contribution in [2.24, 2.45) is 5.10 Å². The maximum Gasteiger partial charge on any atom is 0.250 e. The number of amides is 1. The Morgan fingerprint density at radius 2 is 1.61 bits per heavy atom. The molecule has 7 heteroatoms. The first-order valence-electron chi connectivity index (χ1n) is 10.5. The van der Waals surface area contributed by atoms with Crippen LogP contribution in [0.2, 0.25) is 0 Å². The van der Waals surface area contributed by atoms with Crippen LogP contribution in [-0.4, -0.2) is 41.9 Å². The number of hydrogen-bond acceptors (Lipinski definition) is 5. The average Bonchev–Trinajstić information content (AvgIpc) is 3.29. The van der Waals surface area contributed by atoms with Crippen LogP contribution in [0.5, 0.6) is 0 Å². The number of aromatic nitrogens is 2.